The van der Waals surface area contributed by atoms with Crippen molar-refractivity contribution in [3.63, 3.8) is 0 Å². The van der Waals surface area contributed by atoms with E-state index in [1.807, 2.05) is 35.9 Å². The van der Waals surface area contributed by atoms with Crippen LogP contribution in [-0.4, -0.2) is 25.6 Å². The number of benzene rings is 1. The summed E-state index contributed by atoms with van der Waals surface area (Å²) in [6.45, 7) is 0.623. The summed E-state index contributed by atoms with van der Waals surface area (Å²) >= 11 is 0. The van der Waals surface area contributed by atoms with Crippen LogP contribution in [0.15, 0.2) is 30.9 Å². The second-order valence-electron chi connectivity index (χ2n) is 4.75. The molecular formula is C14H17N5. The lowest BCUT2D eigenvalue weighted by atomic mass is 10.1. The number of aromatic nitrogens is 4. The van der Waals surface area contributed by atoms with Gasteiger partial charge in [0, 0.05) is 31.8 Å². The highest BCUT2D eigenvalue weighted by atomic mass is 15.0. The summed E-state index contributed by atoms with van der Waals surface area (Å²) in [6.07, 6.45) is 4.49. The first-order valence-electron chi connectivity index (χ1n) is 6.32. The number of nitrogens with zero attached hydrogens (tertiary/aromatic N) is 4. The van der Waals surface area contributed by atoms with Crippen LogP contribution in [0.4, 0.5) is 0 Å². The summed E-state index contributed by atoms with van der Waals surface area (Å²) in [5, 5.41) is 0. The number of imidazole rings is 2. The van der Waals surface area contributed by atoms with Gasteiger partial charge in [-0.15, -0.1) is 0 Å². The van der Waals surface area contributed by atoms with Crippen molar-refractivity contribution in [1.29, 1.82) is 0 Å². The monoisotopic (exact) mass is 255 g/mol. The van der Waals surface area contributed by atoms with Crippen LogP contribution in [0.5, 0.6) is 0 Å². The predicted molar refractivity (Wildman–Crippen MR) is 75.7 cm³/mol. The summed E-state index contributed by atoms with van der Waals surface area (Å²) < 4.78 is 4.04. The molecular weight excluding hydrogens is 238 g/mol. The average Bonchev–Trinajstić information content (AvgIpc) is 2.95. The van der Waals surface area contributed by atoms with Crippen LogP contribution in [0.25, 0.3) is 22.3 Å². The molecule has 0 amide bonds. The average molecular weight is 255 g/mol. The molecule has 0 bridgehead atoms. The third-order valence-corrected chi connectivity index (χ3v) is 3.44. The van der Waals surface area contributed by atoms with Crippen LogP contribution in [0, 0.1) is 0 Å². The fourth-order valence-electron chi connectivity index (χ4n) is 2.41. The highest BCUT2D eigenvalue weighted by molar-refractivity contribution is 5.81. The summed E-state index contributed by atoms with van der Waals surface area (Å²) in [5.74, 6) is 0. The van der Waals surface area contributed by atoms with E-state index in [1.54, 1.807) is 0 Å². The van der Waals surface area contributed by atoms with Crippen molar-refractivity contribution in [3.8, 4) is 11.3 Å². The number of fused-ring (bicyclic) bond motifs is 1. The highest BCUT2D eigenvalue weighted by Crippen LogP contribution is 2.25. The Kier molecular flexibility index (Phi) is 2.83. The maximum absolute atomic E-state index is 5.67. The fraction of sp³-hybridized carbons (Fsp3) is 0.286. The Hall–Kier alpha value is -2.14. The van der Waals surface area contributed by atoms with Gasteiger partial charge >= 0.3 is 0 Å². The SMILES string of the molecule is Cn1cnc(-c2ccc3c(c2)ncn3C)c1CCN. The van der Waals surface area contributed by atoms with Crippen LogP contribution in [0.2, 0.25) is 0 Å². The van der Waals surface area contributed by atoms with Crippen molar-refractivity contribution in [2.24, 2.45) is 19.8 Å². The quantitative estimate of drug-likeness (QED) is 0.771. The number of aryl methyl sites for hydroxylation is 2. The van der Waals surface area contributed by atoms with Crippen molar-refractivity contribution in [3.05, 3.63) is 36.5 Å². The van der Waals surface area contributed by atoms with E-state index in [0.29, 0.717) is 6.54 Å². The first kappa shape index (κ1) is 11.9. The lowest BCUT2D eigenvalue weighted by Gasteiger charge is -2.05. The van der Waals surface area contributed by atoms with Gasteiger partial charge in [0.25, 0.3) is 0 Å². The molecule has 1 aromatic carbocycles. The van der Waals surface area contributed by atoms with E-state index in [2.05, 4.69) is 28.2 Å². The summed E-state index contributed by atoms with van der Waals surface area (Å²) in [6, 6.07) is 6.25. The molecule has 0 radical (unpaired) electrons. The van der Waals surface area contributed by atoms with Gasteiger partial charge in [0.1, 0.15) is 0 Å². The number of hydrogen-bond donors (Lipinski definition) is 1. The first-order chi connectivity index (χ1) is 9.20. The van der Waals surface area contributed by atoms with Crippen molar-refractivity contribution < 1.29 is 0 Å². The van der Waals surface area contributed by atoms with Gasteiger partial charge in [0.05, 0.1) is 29.4 Å². The molecule has 5 nitrogen and oxygen atoms in total. The molecule has 0 aliphatic carbocycles. The lowest BCUT2D eigenvalue weighted by Crippen LogP contribution is -2.07. The zero-order valence-electron chi connectivity index (χ0n) is 11.2. The molecule has 2 N–H and O–H groups in total. The zero-order chi connectivity index (χ0) is 13.4. The second kappa shape index (κ2) is 4.51. The van der Waals surface area contributed by atoms with Crippen molar-refractivity contribution >= 4 is 11.0 Å². The van der Waals surface area contributed by atoms with Gasteiger partial charge in [0.15, 0.2) is 0 Å². The number of rotatable bonds is 3. The minimum Gasteiger partial charge on any atom is -0.337 e. The normalized spacial score (nSPS) is 11.3. The van der Waals surface area contributed by atoms with Crippen molar-refractivity contribution in [2.75, 3.05) is 6.54 Å². The Morgan fingerprint density at radius 1 is 1.11 bits per heavy atom. The lowest BCUT2D eigenvalue weighted by molar-refractivity contribution is 0.805. The maximum Gasteiger partial charge on any atom is 0.0955 e. The first-order valence-corrected chi connectivity index (χ1v) is 6.32. The zero-order valence-corrected chi connectivity index (χ0v) is 11.2. The van der Waals surface area contributed by atoms with Crippen LogP contribution in [0.3, 0.4) is 0 Å². The topological polar surface area (TPSA) is 61.7 Å². The standard InChI is InChI=1S/C14H17N5/c1-18-8-16-11-7-10(3-4-12(11)18)14-13(5-6-15)19(2)9-17-14/h3-4,7-9H,5-6,15H2,1-2H3. The summed E-state index contributed by atoms with van der Waals surface area (Å²) in [7, 11) is 4.00. The molecule has 98 valence electrons. The summed E-state index contributed by atoms with van der Waals surface area (Å²) in [4.78, 5) is 8.88. The molecule has 0 aliphatic heterocycles. The van der Waals surface area contributed by atoms with Crippen molar-refractivity contribution in [2.45, 2.75) is 6.42 Å². The minimum atomic E-state index is 0.623. The minimum absolute atomic E-state index is 0.623. The Bertz CT molecular complexity index is 723. The van der Waals surface area contributed by atoms with Crippen LogP contribution in [0.1, 0.15) is 5.69 Å². The Morgan fingerprint density at radius 3 is 2.68 bits per heavy atom. The Labute approximate surface area is 111 Å². The van der Waals surface area contributed by atoms with Gasteiger partial charge in [0.2, 0.25) is 0 Å². The molecule has 0 spiro atoms. The molecule has 5 heteroatoms. The van der Waals surface area contributed by atoms with E-state index >= 15 is 0 Å². The molecule has 0 saturated carbocycles. The molecule has 0 aliphatic rings. The number of nitrogens with two attached hydrogens (primary N) is 1. The summed E-state index contributed by atoms with van der Waals surface area (Å²) in [5.41, 5.74) is 11.0. The number of hydrogen-bond acceptors (Lipinski definition) is 3. The third-order valence-electron chi connectivity index (χ3n) is 3.44. The molecule has 19 heavy (non-hydrogen) atoms. The maximum atomic E-state index is 5.67. The van der Waals surface area contributed by atoms with Gasteiger partial charge in [-0.25, -0.2) is 9.97 Å². The Balaban J connectivity index is 2.13. The third kappa shape index (κ3) is 1.92. The van der Waals surface area contributed by atoms with E-state index in [1.165, 1.54) is 0 Å². The molecule has 0 fully saturated rings. The van der Waals surface area contributed by atoms with Gasteiger partial charge in [-0.3, -0.25) is 0 Å². The van der Waals surface area contributed by atoms with E-state index in [9.17, 15) is 0 Å². The molecule has 0 atom stereocenters. The molecule has 2 heterocycles. The van der Waals surface area contributed by atoms with E-state index in [0.717, 1.165) is 34.4 Å². The molecule has 0 saturated heterocycles. The second-order valence-corrected chi connectivity index (χ2v) is 4.75. The van der Waals surface area contributed by atoms with Gasteiger partial charge in [-0.2, -0.15) is 0 Å². The smallest absolute Gasteiger partial charge is 0.0955 e. The molecule has 3 aromatic rings. The van der Waals surface area contributed by atoms with E-state index in [4.69, 9.17) is 5.73 Å². The molecule has 0 unspecified atom stereocenters. The van der Waals surface area contributed by atoms with Crippen LogP contribution < -0.4 is 5.73 Å². The predicted octanol–water partition coefficient (Wildman–Crippen LogP) is 1.47. The van der Waals surface area contributed by atoms with Gasteiger partial charge in [-0.1, -0.05) is 6.07 Å². The highest BCUT2D eigenvalue weighted by Gasteiger charge is 2.11. The van der Waals surface area contributed by atoms with E-state index < -0.39 is 0 Å². The fourth-order valence-corrected chi connectivity index (χ4v) is 2.41. The molecule has 3 rings (SSSR count). The van der Waals surface area contributed by atoms with Crippen LogP contribution in [-0.2, 0) is 20.5 Å². The van der Waals surface area contributed by atoms with Crippen LogP contribution >= 0.6 is 0 Å². The Morgan fingerprint density at radius 2 is 1.89 bits per heavy atom. The largest absolute Gasteiger partial charge is 0.337 e. The van der Waals surface area contributed by atoms with E-state index in [-0.39, 0.29) is 0 Å². The molecule has 2 aromatic heterocycles. The van der Waals surface area contributed by atoms with Crippen molar-refractivity contribution in [1.82, 2.24) is 19.1 Å². The van der Waals surface area contributed by atoms with Gasteiger partial charge in [-0.05, 0) is 18.7 Å². The van der Waals surface area contributed by atoms with Gasteiger partial charge < -0.3 is 14.9 Å².